The first kappa shape index (κ1) is 26.2. The summed E-state index contributed by atoms with van der Waals surface area (Å²) in [6.45, 7) is 11.3. The van der Waals surface area contributed by atoms with Gasteiger partial charge in [0, 0.05) is 10.7 Å². The van der Waals surface area contributed by atoms with Crippen LogP contribution in [0, 0.1) is 25.2 Å². The van der Waals surface area contributed by atoms with Gasteiger partial charge in [0.25, 0.3) is 0 Å². The number of aromatic nitrogens is 4. The maximum absolute atomic E-state index is 6.01. The van der Waals surface area contributed by atoms with Gasteiger partial charge in [0.15, 0.2) is 5.82 Å². The number of rotatable bonds is 6. The number of para-hydroxylation sites is 1. The zero-order valence-corrected chi connectivity index (χ0v) is 23.6. The first-order chi connectivity index (χ1) is 18.1. The lowest BCUT2D eigenvalue weighted by Crippen LogP contribution is -2.43. The van der Waals surface area contributed by atoms with Crippen LogP contribution >= 0.6 is 11.6 Å². The Morgan fingerprint density at radius 1 is 0.895 bits per heavy atom. The van der Waals surface area contributed by atoms with E-state index in [0.717, 1.165) is 65.5 Å². The average molecular weight is 530 g/mol. The van der Waals surface area contributed by atoms with Crippen molar-refractivity contribution in [1.82, 2.24) is 20.2 Å². The quantitative estimate of drug-likeness (QED) is 0.272. The summed E-state index contributed by atoms with van der Waals surface area (Å²) < 4.78 is 7.96. The van der Waals surface area contributed by atoms with Crippen LogP contribution in [0.2, 0.25) is 5.02 Å². The third-order valence-corrected chi connectivity index (χ3v) is 8.15. The highest BCUT2D eigenvalue weighted by molar-refractivity contribution is 6.30. The van der Waals surface area contributed by atoms with Gasteiger partial charge >= 0.3 is 0 Å². The van der Waals surface area contributed by atoms with E-state index in [2.05, 4.69) is 85.8 Å². The molecular formula is C31H36ClN5O. The first-order valence-electron chi connectivity index (χ1n) is 13.3. The van der Waals surface area contributed by atoms with Crippen LogP contribution in [0.4, 0.5) is 5.69 Å². The van der Waals surface area contributed by atoms with Gasteiger partial charge in [-0.15, -0.1) is 5.10 Å². The summed E-state index contributed by atoms with van der Waals surface area (Å²) in [7, 11) is 0. The second-order valence-corrected chi connectivity index (χ2v) is 12.0. The van der Waals surface area contributed by atoms with Crippen LogP contribution in [-0.4, -0.2) is 20.2 Å². The summed E-state index contributed by atoms with van der Waals surface area (Å²) in [4.78, 5) is 0. The predicted octanol–water partition coefficient (Wildman–Crippen LogP) is 8.27. The molecule has 38 heavy (non-hydrogen) atoms. The molecule has 1 fully saturated rings. The van der Waals surface area contributed by atoms with Gasteiger partial charge in [0.1, 0.15) is 11.5 Å². The highest BCUT2D eigenvalue weighted by Crippen LogP contribution is 2.47. The Kier molecular flexibility index (Phi) is 7.19. The molecule has 1 aliphatic carbocycles. The van der Waals surface area contributed by atoms with Gasteiger partial charge in [-0.25, -0.2) is 0 Å². The van der Waals surface area contributed by atoms with E-state index in [-0.39, 0.29) is 5.41 Å². The number of ether oxygens (including phenoxy) is 1. The van der Waals surface area contributed by atoms with E-state index in [4.69, 9.17) is 16.3 Å². The first-order valence-corrected chi connectivity index (χ1v) is 13.7. The van der Waals surface area contributed by atoms with E-state index < -0.39 is 5.54 Å². The molecule has 7 heteroatoms. The Morgan fingerprint density at radius 3 is 2.05 bits per heavy atom. The molecule has 1 aromatic heterocycles. The van der Waals surface area contributed by atoms with Crippen molar-refractivity contribution in [3.05, 3.63) is 88.7 Å². The molecule has 4 aromatic rings. The van der Waals surface area contributed by atoms with Crippen LogP contribution in [0.1, 0.15) is 63.4 Å². The lowest BCUT2D eigenvalue weighted by molar-refractivity contribution is 0.137. The molecule has 0 bridgehead atoms. The van der Waals surface area contributed by atoms with Gasteiger partial charge < -0.3 is 10.1 Å². The topological polar surface area (TPSA) is 64.9 Å². The molecule has 0 radical (unpaired) electrons. The number of nitrogens with one attached hydrogen (secondary N) is 1. The minimum atomic E-state index is -0.390. The summed E-state index contributed by atoms with van der Waals surface area (Å²) in [6, 6.07) is 21.8. The SMILES string of the molecule is Cc1cccc(C)c1-n1nnnc1C1(Nc2ccc(Oc3ccc(Cl)cc3)cc2)CCC(C(C)(C)C)CC1. The number of tetrazole rings is 1. The molecule has 0 atom stereocenters. The highest BCUT2D eigenvalue weighted by atomic mass is 35.5. The Labute approximate surface area is 230 Å². The van der Waals surface area contributed by atoms with Crippen molar-refractivity contribution in [3.8, 4) is 17.2 Å². The number of hydrogen-bond acceptors (Lipinski definition) is 5. The van der Waals surface area contributed by atoms with E-state index >= 15 is 0 Å². The highest BCUT2D eigenvalue weighted by Gasteiger charge is 2.44. The van der Waals surface area contributed by atoms with Crippen molar-refractivity contribution >= 4 is 17.3 Å². The minimum Gasteiger partial charge on any atom is -0.457 e. The predicted molar refractivity (Wildman–Crippen MR) is 153 cm³/mol. The molecular weight excluding hydrogens is 494 g/mol. The summed E-state index contributed by atoms with van der Waals surface area (Å²) in [5.74, 6) is 3.03. The second-order valence-electron chi connectivity index (χ2n) is 11.6. The van der Waals surface area contributed by atoms with E-state index in [0.29, 0.717) is 10.9 Å². The molecule has 3 aromatic carbocycles. The molecule has 5 rings (SSSR count). The lowest BCUT2D eigenvalue weighted by atomic mass is 9.67. The molecule has 0 unspecified atom stereocenters. The summed E-state index contributed by atoms with van der Waals surface area (Å²) in [5, 5.41) is 17.9. The number of benzene rings is 3. The molecule has 1 N–H and O–H groups in total. The molecule has 1 heterocycles. The zero-order chi connectivity index (χ0) is 26.9. The van der Waals surface area contributed by atoms with Gasteiger partial charge in [-0.1, -0.05) is 50.6 Å². The molecule has 0 saturated heterocycles. The van der Waals surface area contributed by atoms with Gasteiger partial charge in [-0.05, 0) is 121 Å². The van der Waals surface area contributed by atoms with Gasteiger partial charge in [0.05, 0.1) is 11.2 Å². The summed E-state index contributed by atoms with van der Waals surface area (Å²) >= 11 is 6.01. The second kappa shape index (κ2) is 10.4. The van der Waals surface area contributed by atoms with Crippen LogP contribution in [0.15, 0.2) is 66.7 Å². The van der Waals surface area contributed by atoms with E-state index in [1.807, 2.05) is 41.1 Å². The normalized spacial score (nSPS) is 19.8. The summed E-state index contributed by atoms with van der Waals surface area (Å²) in [5.41, 5.74) is 4.25. The molecule has 1 saturated carbocycles. The Hall–Kier alpha value is -3.38. The van der Waals surface area contributed by atoms with E-state index in [9.17, 15) is 0 Å². The monoisotopic (exact) mass is 529 g/mol. The fourth-order valence-corrected chi connectivity index (χ4v) is 5.80. The van der Waals surface area contributed by atoms with Crippen LogP contribution < -0.4 is 10.1 Å². The average Bonchev–Trinajstić information content (AvgIpc) is 3.37. The third-order valence-electron chi connectivity index (χ3n) is 7.90. The van der Waals surface area contributed by atoms with Crippen molar-refractivity contribution in [2.24, 2.45) is 11.3 Å². The smallest absolute Gasteiger partial charge is 0.181 e. The maximum Gasteiger partial charge on any atom is 0.181 e. The third kappa shape index (κ3) is 5.41. The van der Waals surface area contributed by atoms with Crippen LogP contribution in [0.25, 0.3) is 5.69 Å². The standard InChI is InChI=1S/C31H36ClN5O/c1-21-7-6-8-22(2)28(21)37-29(34-35-36-37)31(19-17-23(18-20-31)30(3,4)5)33-25-11-15-27(16-12-25)38-26-13-9-24(32)10-14-26/h6-16,23,33H,17-20H2,1-5H3. The van der Waals surface area contributed by atoms with Crippen molar-refractivity contribution in [1.29, 1.82) is 0 Å². The fourth-order valence-electron chi connectivity index (χ4n) is 5.68. The molecule has 6 nitrogen and oxygen atoms in total. The Bertz CT molecular complexity index is 1360. The number of anilines is 1. The molecule has 198 valence electrons. The van der Waals surface area contributed by atoms with Crippen LogP contribution in [0.5, 0.6) is 11.5 Å². The summed E-state index contributed by atoms with van der Waals surface area (Å²) in [6.07, 6.45) is 4.11. The number of hydrogen-bond donors (Lipinski definition) is 1. The number of aryl methyl sites for hydroxylation is 2. The fraction of sp³-hybridized carbons (Fsp3) is 0.387. The Morgan fingerprint density at radius 2 is 1.47 bits per heavy atom. The molecule has 0 spiro atoms. The Balaban J connectivity index is 1.47. The van der Waals surface area contributed by atoms with E-state index in [1.54, 1.807) is 0 Å². The van der Waals surface area contributed by atoms with Crippen molar-refractivity contribution < 1.29 is 4.74 Å². The van der Waals surface area contributed by atoms with Crippen molar-refractivity contribution in [2.75, 3.05) is 5.32 Å². The van der Waals surface area contributed by atoms with Gasteiger partial charge in [-0.2, -0.15) is 4.68 Å². The minimum absolute atomic E-state index is 0.269. The molecule has 1 aliphatic rings. The molecule has 0 amide bonds. The number of nitrogens with zero attached hydrogens (tertiary/aromatic N) is 4. The lowest BCUT2D eigenvalue weighted by Gasteiger charge is -2.44. The van der Waals surface area contributed by atoms with Crippen molar-refractivity contribution in [3.63, 3.8) is 0 Å². The molecule has 0 aliphatic heterocycles. The van der Waals surface area contributed by atoms with Crippen molar-refractivity contribution in [2.45, 2.75) is 65.8 Å². The van der Waals surface area contributed by atoms with Gasteiger partial charge in [-0.3, -0.25) is 0 Å². The maximum atomic E-state index is 6.01. The van der Waals surface area contributed by atoms with Crippen LogP contribution in [-0.2, 0) is 5.54 Å². The van der Waals surface area contributed by atoms with E-state index in [1.165, 1.54) is 0 Å². The van der Waals surface area contributed by atoms with Crippen LogP contribution in [0.3, 0.4) is 0 Å². The zero-order valence-electron chi connectivity index (χ0n) is 22.8. The largest absolute Gasteiger partial charge is 0.457 e. The number of halogens is 1. The van der Waals surface area contributed by atoms with Gasteiger partial charge in [0.2, 0.25) is 0 Å².